The van der Waals surface area contributed by atoms with Gasteiger partial charge in [-0.3, -0.25) is 0 Å². The van der Waals surface area contributed by atoms with Crippen LogP contribution in [0.5, 0.6) is 0 Å². The van der Waals surface area contributed by atoms with E-state index in [0.717, 1.165) is 0 Å². The maximum atomic E-state index is 12.9. The second kappa shape index (κ2) is 3.73. The largest absolute Gasteiger partial charge is 0.463 e. The Hall–Kier alpha value is -1.84. The average molecular weight is 208 g/mol. The Bertz CT molecular complexity index is 502. The number of fused-ring (bicyclic) bond motifs is 1. The van der Waals surface area contributed by atoms with Crippen LogP contribution in [0.2, 0.25) is 0 Å². The Morgan fingerprint density at radius 2 is 2.33 bits per heavy atom. The first-order chi connectivity index (χ1) is 7.22. The van der Waals surface area contributed by atoms with Gasteiger partial charge in [0.2, 0.25) is 0 Å². The molecule has 0 spiro atoms. The topological polar surface area (TPSA) is 39.4 Å². The Balaban J connectivity index is 2.52. The van der Waals surface area contributed by atoms with Gasteiger partial charge < -0.3 is 9.15 Å². The van der Waals surface area contributed by atoms with Gasteiger partial charge in [-0.1, -0.05) is 0 Å². The summed E-state index contributed by atoms with van der Waals surface area (Å²) in [6.07, 6.45) is 1.28. The van der Waals surface area contributed by atoms with Crippen LogP contribution in [0.4, 0.5) is 4.39 Å². The summed E-state index contributed by atoms with van der Waals surface area (Å²) in [6.45, 7) is 1.99. The first-order valence-electron chi connectivity index (χ1n) is 4.56. The quantitative estimate of drug-likeness (QED) is 0.712. The van der Waals surface area contributed by atoms with E-state index in [1.807, 2.05) is 0 Å². The van der Waals surface area contributed by atoms with Crippen molar-refractivity contribution in [2.24, 2.45) is 0 Å². The van der Waals surface area contributed by atoms with Gasteiger partial charge in [-0.05, 0) is 25.1 Å². The Morgan fingerprint density at radius 1 is 1.53 bits per heavy atom. The molecule has 78 valence electrons. The zero-order valence-corrected chi connectivity index (χ0v) is 8.12. The Morgan fingerprint density at radius 3 is 3.07 bits per heavy atom. The minimum absolute atomic E-state index is 0.256. The van der Waals surface area contributed by atoms with E-state index in [1.54, 1.807) is 6.92 Å². The summed E-state index contributed by atoms with van der Waals surface area (Å²) < 4.78 is 22.9. The number of esters is 1. The molecule has 2 rings (SSSR count). The van der Waals surface area contributed by atoms with Crippen molar-refractivity contribution in [2.75, 3.05) is 6.61 Å². The molecule has 0 aliphatic carbocycles. The summed E-state index contributed by atoms with van der Waals surface area (Å²) >= 11 is 0. The first kappa shape index (κ1) is 9.71. The van der Waals surface area contributed by atoms with Crippen LogP contribution in [0, 0.1) is 5.82 Å². The van der Waals surface area contributed by atoms with Crippen molar-refractivity contribution in [1.82, 2.24) is 0 Å². The fourth-order valence-corrected chi connectivity index (χ4v) is 1.37. The highest BCUT2D eigenvalue weighted by Crippen LogP contribution is 2.22. The molecule has 0 N–H and O–H groups in total. The number of rotatable bonds is 2. The van der Waals surface area contributed by atoms with Gasteiger partial charge in [0.15, 0.2) is 0 Å². The van der Waals surface area contributed by atoms with Gasteiger partial charge in [0.1, 0.15) is 23.2 Å². The first-order valence-corrected chi connectivity index (χ1v) is 4.56. The van der Waals surface area contributed by atoms with E-state index in [1.165, 1.54) is 24.5 Å². The van der Waals surface area contributed by atoms with E-state index in [-0.39, 0.29) is 12.2 Å². The summed E-state index contributed by atoms with van der Waals surface area (Å²) in [4.78, 5) is 11.4. The van der Waals surface area contributed by atoms with Crippen LogP contribution < -0.4 is 0 Å². The molecule has 4 heteroatoms. The van der Waals surface area contributed by atoms with Crippen molar-refractivity contribution >= 4 is 16.9 Å². The predicted octanol–water partition coefficient (Wildman–Crippen LogP) is 2.75. The van der Waals surface area contributed by atoms with E-state index in [2.05, 4.69) is 0 Å². The lowest BCUT2D eigenvalue weighted by Gasteiger charge is -1.98. The van der Waals surface area contributed by atoms with E-state index in [0.29, 0.717) is 11.0 Å². The van der Waals surface area contributed by atoms with Crippen LogP contribution in [0.15, 0.2) is 28.9 Å². The number of ether oxygens (including phenoxy) is 1. The fraction of sp³-hybridized carbons (Fsp3) is 0.182. The number of hydrogen-bond donors (Lipinski definition) is 0. The third-order valence-corrected chi connectivity index (χ3v) is 2.03. The Kier molecular flexibility index (Phi) is 2.41. The zero-order valence-electron chi connectivity index (χ0n) is 8.12. The molecule has 0 unspecified atom stereocenters. The number of benzene rings is 1. The molecule has 3 nitrogen and oxygen atoms in total. The molecule has 2 aromatic rings. The molecule has 0 bridgehead atoms. The maximum Gasteiger partial charge on any atom is 0.342 e. The molecule has 15 heavy (non-hydrogen) atoms. The van der Waals surface area contributed by atoms with Crippen LogP contribution >= 0.6 is 0 Å². The minimum atomic E-state index is -0.498. The maximum absolute atomic E-state index is 12.9. The van der Waals surface area contributed by atoms with Crippen molar-refractivity contribution < 1.29 is 18.3 Å². The van der Waals surface area contributed by atoms with Crippen molar-refractivity contribution in [3.05, 3.63) is 35.8 Å². The number of furan rings is 1. The van der Waals surface area contributed by atoms with Crippen LogP contribution in [-0.4, -0.2) is 12.6 Å². The van der Waals surface area contributed by atoms with Gasteiger partial charge in [0.05, 0.1) is 6.61 Å². The molecule has 0 aliphatic rings. The van der Waals surface area contributed by atoms with E-state index >= 15 is 0 Å². The molecule has 0 fully saturated rings. The monoisotopic (exact) mass is 208 g/mol. The second-order valence-corrected chi connectivity index (χ2v) is 3.01. The van der Waals surface area contributed by atoms with Crippen LogP contribution in [0.25, 0.3) is 11.0 Å². The van der Waals surface area contributed by atoms with Gasteiger partial charge in [-0.25, -0.2) is 9.18 Å². The van der Waals surface area contributed by atoms with E-state index < -0.39 is 11.8 Å². The molecule has 0 amide bonds. The van der Waals surface area contributed by atoms with Gasteiger partial charge in [0, 0.05) is 5.39 Å². The number of hydrogen-bond acceptors (Lipinski definition) is 3. The molecule has 0 radical (unpaired) electrons. The van der Waals surface area contributed by atoms with Crippen LogP contribution in [0.3, 0.4) is 0 Å². The van der Waals surface area contributed by atoms with E-state index in [9.17, 15) is 9.18 Å². The third kappa shape index (κ3) is 1.70. The summed E-state index contributed by atoms with van der Waals surface area (Å²) in [5.41, 5.74) is 0.728. The van der Waals surface area contributed by atoms with Gasteiger partial charge >= 0.3 is 5.97 Å². The summed E-state index contributed by atoms with van der Waals surface area (Å²) in [5, 5.41) is 0.438. The fourth-order valence-electron chi connectivity index (χ4n) is 1.37. The lowest BCUT2D eigenvalue weighted by molar-refractivity contribution is 0.0527. The SMILES string of the molecule is CCOC(=O)c1coc2ccc(F)cc12. The third-order valence-electron chi connectivity index (χ3n) is 2.03. The van der Waals surface area contributed by atoms with Crippen LogP contribution in [0.1, 0.15) is 17.3 Å². The molecule has 1 aromatic carbocycles. The molecule has 0 atom stereocenters. The predicted molar refractivity (Wildman–Crippen MR) is 52.1 cm³/mol. The highest BCUT2D eigenvalue weighted by atomic mass is 19.1. The molecule has 1 aromatic heterocycles. The highest BCUT2D eigenvalue weighted by Gasteiger charge is 2.14. The van der Waals surface area contributed by atoms with Crippen molar-refractivity contribution in [2.45, 2.75) is 6.92 Å². The molecule has 1 heterocycles. The van der Waals surface area contributed by atoms with Gasteiger partial charge in [0.25, 0.3) is 0 Å². The number of carbonyl (C=O) groups excluding carboxylic acids is 1. The van der Waals surface area contributed by atoms with Crippen molar-refractivity contribution in [1.29, 1.82) is 0 Å². The van der Waals surface area contributed by atoms with Gasteiger partial charge in [-0.15, -0.1) is 0 Å². The smallest absolute Gasteiger partial charge is 0.342 e. The minimum Gasteiger partial charge on any atom is -0.463 e. The second-order valence-electron chi connectivity index (χ2n) is 3.01. The van der Waals surface area contributed by atoms with E-state index in [4.69, 9.17) is 9.15 Å². The standard InChI is InChI=1S/C11H9FO3/c1-2-14-11(13)9-6-15-10-4-3-7(12)5-8(9)10/h3-6H,2H2,1H3. The number of carbonyl (C=O) groups is 1. The highest BCUT2D eigenvalue weighted by molar-refractivity contribution is 6.03. The molecule has 0 aliphatic heterocycles. The summed E-state index contributed by atoms with van der Waals surface area (Å²) in [7, 11) is 0. The normalized spacial score (nSPS) is 10.5. The van der Waals surface area contributed by atoms with Crippen molar-refractivity contribution in [3.8, 4) is 0 Å². The summed E-state index contributed by atoms with van der Waals surface area (Å²) in [6, 6.07) is 4.01. The van der Waals surface area contributed by atoms with Crippen molar-refractivity contribution in [3.63, 3.8) is 0 Å². The molecule has 0 saturated carbocycles. The van der Waals surface area contributed by atoms with Crippen LogP contribution in [-0.2, 0) is 4.74 Å². The number of halogens is 1. The summed E-state index contributed by atoms with van der Waals surface area (Å²) in [5.74, 6) is -0.906. The lowest BCUT2D eigenvalue weighted by Crippen LogP contribution is -2.03. The molecule has 0 saturated heterocycles. The zero-order chi connectivity index (χ0) is 10.8. The van der Waals surface area contributed by atoms with Gasteiger partial charge in [-0.2, -0.15) is 0 Å². The Labute approximate surface area is 85.4 Å². The average Bonchev–Trinajstić information content (AvgIpc) is 2.60. The molecular formula is C11H9FO3. The molecular weight excluding hydrogens is 199 g/mol. The lowest BCUT2D eigenvalue weighted by atomic mass is 10.2.